The van der Waals surface area contributed by atoms with Gasteiger partial charge in [-0.05, 0) is 25.2 Å². The number of rotatable bonds is 2. The molecular formula is C13H16N4O2. The lowest BCUT2D eigenvalue weighted by Crippen LogP contribution is -2.35. The first-order valence-corrected chi connectivity index (χ1v) is 6.22. The third-order valence-electron chi connectivity index (χ3n) is 3.13. The zero-order chi connectivity index (χ0) is 13.2. The minimum Gasteiger partial charge on any atom is -0.399 e. The molecule has 3 rings (SSSR count). The van der Waals surface area contributed by atoms with Crippen molar-refractivity contribution < 1.29 is 9.26 Å². The maximum Gasteiger partial charge on any atom is 0.258 e. The molecule has 1 aliphatic rings. The van der Waals surface area contributed by atoms with Crippen molar-refractivity contribution >= 4 is 5.69 Å². The number of nitrogens with zero attached hydrogens (tertiary/aromatic N) is 3. The first-order valence-electron chi connectivity index (χ1n) is 6.22. The SMILES string of the molecule is CN1CCOC(c2noc(-c3cccc(N)c3)n2)C1. The summed E-state index contributed by atoms with van der Waals surface area (Å²) in [6.45, 7) is 2.38. The Morgan fingerprint density at radius 2 is 2.32 bits per heavy atom. The van der Waals surface area contributed by atoms with Gasteiger partial charge in [0.15, 0.2) is 0 Å². The van der Waals surface area contributed by atoms with E-state index in [0.717, 1.165) is 18.7 Å². The standard InChI is InChI=1S/C13H16N4O2/c1-17-5-6-18-11(8-17)12-15-13(19-16-12)9-3-2-4-10(14)7-9/h2-4,7,11H,5-6,8,14H2,1H3. The number of hydrogen-bond donors (Lipinski definition) is 1. The predicted molar refractivity (Wildman–Crippen MR) is 70.3 cm³/mol. The highest BCUT2D eigenvalue weighted by atomic mass is 16.5. The molecule has 0 spiro atoms. The van der Waals surface area contributed by atoms with E-state index in [0.29, 0.717) is 24.0 Å². The van der Waals surface area contributed by atoms with Crippen LogP contribution in [-0.4, -0.2) is 41.8 Å². The van der Waals surface area contributed by atoms with Gasteiger partial charge in [-0.2, -0.15) is 4.98 Å². The van der Waals surface area contributed by atoms with Crippen LogP contribution in [0.3, 0.4) is 0 Å². The summed E-state index contributed by atoms with van der Waals surface area (Å²) < 4.78 is 10.9. The molecule has 0 saturated carbocycles. The molecular weight excluding hydrogens is 244 g/mol. The highest BCUT2D eigenvalue weighted by Crippen LogP contribution is 2.24. The van der Waals surface area contributed by atoms with Crippen LogP contribution in [0.1, 0.15) is 11.9 Å². The number of benzene rings is 1. The molecule has 0 amide bonds. The molecule has 6 nitrogen and oxygen atoms in total. The number of morpholine rings is 1. The van der Waals surface area contributed by atoms with E-state index < -0.39 is 0 Å². The molecule has 2 N–H and O–H groups in total. The molecule has 1 aromatic heterocycles. The maximum absolute atomic E-state index is 5.74. The first kappa shape index (κ1) is 12.1. The van der Waals surface area contributed by atoms with E-state index in [4.69, 9.17) is 15.0 Å². The maximum atomic E-state index is 5.74. The van der Waals surface area contributed by atoms with Crippen LogP contribution in [0.25, 0.3) is 11.5 Å². The fourth-order valence-electron chi connectivity index (χ4n) is 2.09. The smallest absolute Gasteiger partial charge is 0.258 e. The van der Waals surface area contributed by atoms with E-state index in [1.165, 1.54) is 0 Å². The molecule has 2 heterocycles. The molecule has 100 valence electrons. The summed E-state index contributed by atoms with van der Waals surface area (Å²) in [5, 5.41) is 4.00. The van der Waals surface area contributed by atoms with Crippen LogP contribution >= 0.6 is 0 Å². The van der Waals surface area contributed by atoms with Crippen molar-refractivity contribution in [2.45, 2.75) is 6.10 Å². The van der Waals surface area contributed by atoms with Crippen molar-refractivity contribution in [2.75, 3.05) is 32.5 Å². The van der Waals surface area contributed by atoms with Crippen LogP contribution in [0.15, 0.2) is 28.8 Å². The predicted octanol–water partition coefficient (Wildman–Crippen LogP) is 1.32. The molecule has 19 heavy (non-hydrogen) atoms. The summed E-state index contributed by atoms with van der Waals surface area (Å²) in [5.74, 6) is 1.06. The quantitative estimate of drug-likeness (QED) is 0.821. The summed E-state index contributed by atoms with van der Waals surface area (Å²) in [7, 11) is 2.05. The van der Waals surface area contributed by atoms with Crippen molar-refractivity contribution in [3.05, 3.63) is 30.1 Å². The molecule has 0 bridgehead atoms. The summed E-state index contributed by atoms with van der Waals surface area (Å²) in [6.07, 6.45) is -0.127. The highest BCUT2D eigenvalue weighted by molar-refractivity contribution is 5.59. The Hall–Kier alpha value is -1.92. The molecule has 6 heteroatoms. The Morgan fingerprint density at radius 1 is 1.42 bits per heavy atom. The van der Waals surface area contributed by atoms with Crippen LogP contribution in [0.4, 0.5) is 5.69 Å². The van der Waals surface area contributed by atoms with Gasteiger partial charge >= 0.3 is 0 Å². The molecule has 0 aliphatic carbocycles. The number of nitrogens with two attached hydrogens (primary N) is 1. The fraction of sp³-hybridized carbons (Fsp3) is 0.385. The van der Waals surface area contributed by atoms with E-state index in [-0.39, 0.29) is 6.10 Å². The van der Waals surface area contributed by atoms with Gasteiger partial charge in [0.2, 0.25) is 5.82 Å². The minimum atomic E-state index is -0.127. The topological polar surface area (TPSA) is 77.4 Å². The van der Waals surface area contributed by atoms with Crippen LogP contribution in [0, 0.1) is 0 Å². The van der Waals surface area contributed by atoms with Gasteiger partial charge < -0.3 is 19.9 Å². The molecule has 1 aromatic carbocycles. The minimum absolute atomic E-state index is 0.127. The van der Waals surface area contributed by atoms with Crippen molar-refractivity contribution in [3.8, 4) is 11.5 Å². The van der Waals surface area contributed by atoms with Gasteiger partial charge in [0.1, 0.15) is 6.10 Å². The van der Waals surface area contributed by atoms with Gasteiger partial charge in [0.05, 0.1) is 6.61 Å². The first-order chi connectivity index (χ1) is 9.22. The summed E-state index contributed by atoms with van der Waals surface area (Å²) in [4.78, 5) is 6.58. The summed E-state index contributed by atoms with van der Waals surface area (Å²) >= 11 is 0. The number of ether oxygens (including phenoxy) is 1. The summed E-state index contributed by atoms with van der Waals surface area (Å²) in [6, 6.07) is 7.38. The van der Waals surface area contributed by atoms with Crippen LogP contribution in [-0.2, 0) is 4.74 Å². The second-order valence-corrected chi connectivity index (χ2v) is 4.70. The van der Waals surface area contributed by atoms with Gasteiger partial charge in [0.25, 0.3) is 5.89 Å². The van der Waals surface area contributed by atoms with Crippen molar-refractivity contribution in [1.29, 1.82) is 0 Å². The third kappa shape index (κ3) is 2.59. The third-order valence-corrected chi connectivity index (χ3v) is 3.13. The Balaban J connectivity index is 1.83. The second-order valence-electron chi connectivity index (χ2n) is 4.70. The number of aromatic nitrogens is 2. The molecule has 1 aliphatic heterocycles. The van der Waals surface area contributed by atoms with E-state index >= 15 is 0 Å². The van der Waals surface area contributed by atoms with Crippen LogP contribution in [0.5, 0.6) is 0 Å². The van der Waals surface area contributed by atoms with Gasteiger partial charge in [0, 0.05) is 24.3 Å². The van der Waals surface area contributed by atoms with Gasteiger partial charge in [-0.25, -0.2) is 0 Å². The molecule has 0 radical (unpaired) electrons. The van der Waals surface area contributed by atoms with Crippen molar-refractivity contribution in [2.24, 2.45) is 0 Å². The van der Waals surface area contributed by atoms with E-state index in [2.05, 4.69) is 22.1 Å². The lowest BCUT2D eigenvalue weighted by Gasteiger charge is -2.27. The van der Waals surface area contributed by atoms with E-state index in [1.54, 1.807) is 0 Å². The monoisotopic (exact) mass is 260 g/mol. The number of anilines is 1. The Morgan fingerprint density at radius 3 is 3.11 bits per heavy atom. The fourth-order valence-corrected chi connectivity index (χ4v) is 2.09. The number of nitrogen functional groups attached to an aromatic ring is 1. The average molecular weight is 260 g/mol. The summed E-state index contributed by atoms with van der Waals surface area (Å²) in [5.41, 5.74) is 7.24. The van der Waals surface area contributed by atoms with Gasteiger partial charge in [-0.1, -0.05) is 11.2 Å². The second kappa shape index (κ2) is 4.99. The highest BCUT2D eigenvalue weighted by Gasteiger charge is 2.24. The number of hydrogen-bond acceptors (Lipinski definition) is 6. The molecule has 2 aromatic rings. The zero-order valence-corrected chi connectivity index (χ0v) is 10.7. The van der Waals surface area contributed by atoms with Crippen LogP contribution in [0.2, 0.25) is 0 Å². The van der Waals surface area contributed by atoms with Gasteiger partial charge in [-0.3, -0.25) is 0 Å². The van der Waals surface area contributed by atoms with E-state index in [1.807, 2.05) is 24.3 Å². The lowest BCUT2D eigenvalue weighted by atomic mass is 10.2. The van der Waals surface area contributed by atoms with E-state index in [9.17, 15) is 0 Å². The Kier molecular flexibility index (Phi) is 3.18. The van der Waals surface area contributed by atoms with Crippen molar-refractivity contribution in [3.63, 3.8) is 0 Å². The van der Waals surface area contributed by atoms with Gasteiger partial charge in [-0.15, -0.1) is 0 Å². The Bertz CT molecular complexity index is 569. The molecule has 1 saturated heterocycles. The average Bonchev–Trinajstić information content (AvgIpc) is 2.88. The lowest BCUT2D eigenvalue weighted by molar-refractivity contribution is -0.0264. The molecule has 1 unspecified atom stereocenters. The number of likely N-dealkylation sites (N-methyl/N-ethyl adjacent to an activating group) is 1. The van der Waals surface area contributed by atoms with Crippen molar-refractivity contribution in [1.82, 2.24) is 15.0 Å². The zero-order valence-electron chi connectivity index (χ0n) is 10.7. The van der Waals surface area contributed by atoms with Crippen LogP contribution < -0.4 is 5.73 Å². The molecule has 1 fully saturated rings. The largest absolute Gasteiger partial charge is 0.399 e. The molecule has 1 atom stereocenters. The Labute approximate surface area is 111 Å². The normalized spacial score (nSPS) is 20.6.